The summed E-state index contributed by atoms with van der Waals surface area (Å²) in [6, 6.07) is 3.64. The third-order valence-corrected chi connectivity index (χ3v) is 4.48. The van der Waals surface area contributed by atoms with Gasteiger partial charge in [0, 0.05) is 24.8 Å². The van der Waals surface area contributed by atoms with Gasteiger partial charge < -0.3 is 5.32 Å². The third kappa shape index (κ3) is 4.71. The summed E-state index contributed by atoms with van der Waals surface area (Å²) in [5, 5.41) is 14.5. The molecular formula is C18H26N6O. The Morgan fingerprint density at radius 2 is 2.20 bits per heavy atom. The third-order valence-electron chi connectivity index (χ3n) is 4.48. The number of rotatable bonds is 6. The van der Waals surface area contributed by atoms with E-state index in [-0.39, 0.29) is 6.03 Å². The van der Waals surface area contributed by atoms with Crippen LogP contribution >= 0.6 is 0 Å². The zero-order valence-corrected chi connectivity index (χ0v) is 14.9. The largest absolute Gasteiger partial charge is 0.336 e. The van der Waals surface area contributed by atoms with E-state index in [1.165, 1.54) is 6.42 Å². The molecule has 1 aliphatic carbocycles. The maximum Gasteiger partial charge on any atom is 0.320 e. The highest BCUT2D eigenvalue weighted by Crippen LogP contribution is 2.21. The molecule has 7 heteroatoms. The summed E-state index contributed by atoms with van der Waals surface area (Å²) in [5.74, 6) is 1.32. The van der Waals surface area contributed by atoms with Gasteiger partial charge in [0.1, 0.15) is 5.82 Å². The lowest BCUT2D eigenvalue weighted by Gasteiger charge is -2.19. The summed E-state index contributed by atoms with van der Waals surface area (Å²) in [6.07, 6.45) is 9.57. The number of allylic oxidation sites excluding steroid dienone is 2. The molecule has 2 aromatic heterocycles. The van der Waals surface area contributed by atoms with E-state index in [0.717, 1.165) is 36.6 Å². The molecule has 0 aliphatic heterocycles. The number of nitrogens with zero attached hydrogens (tertiary/aromatic N) is 4. The van der Waals surface area contributed by atoms with Gasteiger partial charge in [-0.25, -0.2) is 9.48 Å². The minimum atomic E-state index is -0.216. The highest BCUT2D eigenvalue weighted by molar-refractivity contribution is 5.88. The van der Waals surface area contributed by atoms with Crippen molar-refractivity contribution in [1.82, 2.24) is 24.9 Å². The van der Waals surface area contributed by atoms with Crippen LogP contribution in [0.4, 0.5) is 10.6 Å². The number of aryl methyl sites for hydroxylation is 2. The van der Waals surface area contributed by atoms with Crippen LogP contribution in [-0.2, 0) is 13.1 Å². The number of anilines is 1. The lowest BCUT2D eigenvalue weighted by molar-refractivity contribution is 0.251. The smallest absolute Gasteiger partial charge is 0.320 e. The lowest BCUT2D eigenvalue weighted by Crippen LogP contribution is -2.32. The predicted molar refractivity (Wildman–Crippen MR) is 97.4 cm³/mol. The Morgan fingerprint density at radius 3 is 2.92 bits per heavy atom. The molecular weight excluding hydrogens is 316 g/mol. The van der Waals surface area contributed by atoms with Crippen molar-refractivity contribution in [2.75, 3.05) is 11.9 Å². The molecule has 3 rings (SSSR count). The summed E-state index contributed by atoms with van der Waals surface area (Å²) in [6.45, 7) is 5.99. The van der Waals surface area contributed by atoms with Gasteiger partial charge in [-0.3, -0.25) is 10.00 Å². The zero-order valence-electron chi connectivity index (χ0n) is 14.9. The predicted octanol–water partition coefficient (Wildman–Crippen LogP) is 2.87. The van der Waals surface area contributed by atoms with Crippen LogP contribution in [0.3, 0.4) is 0 Å². The minimum Gasteiger partial charge on any atom is -0.336 e. The molecule has 0 bridgehead atoms. The normalized spacial score (nSPS) is 16.8. The summed E-state index contributed by atoms with van der Waals surface area (Å²) in [7, 11) is 0. The van der Waals surface area contributed by atoms with Gasteiger partial charge in [-0.2, -0.15) is 10.2 Å². The Labute approximate surface area is 148 Å². The molecule has 7 nitrogen and oxygen atoms in total. The second kappa shape index (κ2) is 8.00. The average molecular weight is 342 g/mol. The number of amides is 2. The molecule has 1 atom stereocenters. The highest BCUT2D eigenvalue weighted by atomic mass is 16.2. The molecule has 2 heterocycles. The van der Waals surface area contributed by atoms with Crippen LogP contribution < -0.4 is 10.6 Å². The average Bonchev–Trinajstić information content (AvgIpc) is 3.14. The van der Waals surface area contributed by atoms with Crippen molar-refractivity contribution >= 4 is 11.8 Å². The van der Waals surface area contributed by atoms with Gasteiger partial charge in [0.05, 0.1) is 18.4 Å². The zero-order chi connectivity index (χ0) is 17.6. The highest BCUT2D eigenvalue weighted by Gasteiger charge is 2.14. The molecule has 0 saturated heterocycles. The summed E-state index contributed by atoms with van der Waals surface area (Å²) in [5.41, 5.74) is 2.09. The Balaban J connectivity index is 1.47. The number of hydrogen-bond acceptors (Lipinski definition) is 3. The number of hydrogen-bond donors (Lipinski definition) is 2. The molecule has 1 aliphatic rings. The Morgan fingerprint density at radius 1 is 1.32 bits per heavy atom. The van der Waals surface area contributed by atoms with Gasteiger partial charge in [0.2, 0.25) is 0 Å². The van der Waals surface area contributed by atoms with Crippen LogP contribution in [0, 0.1) is 19.8 Å². The lowest BCUT2D eigenvalue weighted by atomic mass is 9.94. The molecule has 2 N–H and O–H groups in total. The molecule has 0 radical (unpaired) electrons. The fraction of sp³-hybridized carbons (Fsp3) is 0.500. The van der Waals surface area contributed by atoms with Crippen LogP contribution in [0.1, 0.15) is 30.7 Å². The van der Waals surface area contributed by atoms with E-state index in [1.54, 1.807) is 6.20 Å². The van der Waals surface area contributed by atoms with E-state index >= 15 is 0 Å². The van der Waals surface area contributed by atoms with E-state index in [0.29, 0.717) is 19.0 Å². The van der Waals surface area contributed by atoms with Crippen LogP contribution in [-0.4, -0.2) is 32.1 Å². The Hall–Kier alpha value is -2.57. The molecule has 0 saturated carbocycles. The fourth-order valence-electron chi connectivity index (χ4n) is 3.19. The van der Waals surface area contributed by atoms with Gasteiger partial charge in [-0.15, -0.1) is 0 Å². The van der Waals surface area contributed by atoms with Gasteiger partial charge >= 0.3 is 6.03 Å². The molecule has 0 spiro atoms. The quantitative estimate of drug-likeness (QED) is 0.793. The molecule has 2 aromatic rings. The van der Waals surface area contributed by atoms with Crippen molar-refractivity contribution < 1.29 is 4.79 Å². The monoisotopic (exact) mass is 342 g/mol. The molecule has 2 amide bonds. The van der Waals surface area contributed by atoms with E-state index < -0.39 is 0 Å². The second-order valence-electron chi connectivity index (χ2n) is 6.58. The molecule has 1 unspecified atom stereocenters. The second-order valence-corrected chi connectivity index (χ2v) is 6.58. The molecule has 0 fully saturated rings. The fourth-order valence-corrected chi connectivity index (χ4v) is 3.19. The van der Waals surface area contributed by atoms with Crippen molar-refractivity contribution in [3.05, 3.63) is 41.9 Å². The van der Waals surface area contributed by atoms with Crippen molar-refractivity contribution in [1.29, 1.82) is 0 Å². The summed E-state index contributed by atoms with van der Waals surface area (Å²) < 4.78 is 3.78. The van der Waals surface area contributed by atoms with Crippen LogP contribution in [0.25, 0.3) is 0 Å². The number of carbonyl (C=O) groups excluding carboxylic acids is 1. The first-order valence-electron chi connectivity index (χ1n) is 8.84. The van der Waals surface area contributed by atoms with Crippen molar-refractivity contribution in [3.63, 3.8) is 0 Å². The van der Waals surface area contributed by atoms with Crippen molar-refractivity contribution in [2.24, 2.45) is 5.92 Å². The van der Waals surface area contributed by atoms with Gasteiger partial charge in [0.25, 0.3) is 0 Å². The van der Waals surface area contributed by atoms with E-state index in [9.17, 15) is 4.79 Å². The number of carbonyl (C=O) groups is 1. The topological polar surface area (TPSA) is 76.8 Å². The van der Waals surface area contributed by atoms with Crippen molar-refractivity contribution in [2.45, 2.75) is 46.2 Å². The molecule has 0 aromatic carbocycles. The standard InChI is InChI=1S/C18H26N6O/c1-14-12-15(2)23(22-14)11-10-19-18(25)21-17-8-9-20-24(17)13-16-6-4-3-5-7-16/h3-4,8-9,12,16H,5-7,10-11,13H2,1-2H3,(H2,19,21,25). The van der Waals surface area contributed by atoms with E-state index in [4.69, 9.17) is 0 Å². The SMILES string of the molecule is Cc1cc(C)n(CCNC(=O)Nc2ccnn2CC2CC=CCC2)n1. The first kappa shape index (κ1) is 17.3. The van der Waals surface area contributed by atoms with Gasteiger partial charge in [-0.05, 0) is 45.1 Å². The van der Waals surface area contributed by atoms with Gasteiger partial charge in [0.15, 0.2) is 0 Å². The summed E-state index contributed by atoms with van der Waals surface area (Å²) in [4.78, 5) is 12.1. The first-order chi connectivity index (χ1) is 12.1. The Kier molecular flexibility index (Phi) is 5.53. The number of aromatic nitrogens is 4. The number of nitrogens with one attached hydrogen (secondary N) is 2. The van der Waals surface area contributed by atoms with E-state index in [1.807, 2.05) is 35.3 Å². The maximum atomic E-state index is 12.1. The van der Waals surface area contributed by atoms with Crippen LogP contribution in [0.2, 0.25) is 0 Å². The molecule has 25 heavy (non-hydrogen) atoms. The summed E-state index contributed by atoms with van der Waals surface area (Å²) >= 11 is 0. The van der Waals surface area contributed by atoms with Gasteiger partial charge in [-0.1, -0.05) is 12.2 Å². The number of urea groups is 1. The minimum absolute atomic E-state index is 0.216. The first-order valence-corrected chi connectivity index (χ1v) is 8.84. The Bertz CT molecular complexity index is 745. The van der Waals surface area contributed by atoms with Crippen LogP contribution in [0.15, 0.2) is 30.5 Å². The maximum absolute atomic E-state index is 12.1. The van der Waals surface area contributed by atoms with Crippen LogP contribution in [0.5, 0.6) is 0 Å². The van der Waals surface area contributed by atoms with Crippen molar-refractivity contribution in [3.8, 4) is 0 Å². The van der Waals surface area contributed by atoms with E-state index in [2.05, 4.69) is 33.0 Å². The molecule has 134 valence electrons.